The zero-order valence-electron chi connectivity index (χ0n) is 18.7. The van der Waals surface area contributed by atoms with E-state index in [0.29, 0.717) is 6.42 Å². The van der Waals surface area contributed by atoms with E-state index in [4.69, 9.17) is 23.7 Å². The molecule has 1 fully saturated rings. The molecule has 0 N–H and O–H groups in total. The fourth-order valence-electron chi connectivity index (χ4n) is 4.08. The molecule has 6 nitrogen and oxygen atoms in total. The Kier molecular flexibility index (Phi) is 10.6. The van der Waals surface area contributed by atoms with Crippen molar-refractivity contribution in [3.8, 4) is 0 Å². The van der Waals surface area contributed by atoms with Gasteiger partial charge in [-0.25, -0.2) is 4.79 Å². The van der Waals surface area contributed by atoms with E-state index < -0.39 is 5.79 Å². The van der Waals surface area contributed by atoms with Gasteiger partial charge in [0.25, 0.3) is 0 Å². The molecule has 4 atom stereocenters. The molecule has 29 heavy (non-hydrogen) atoms. The molecule has 6 heteroatoms. The minimum absolute atomic E-state index is 0.00448. The fraction of sp³-hybridized carbons (Fsp3) is 0.870. The van der Waals surface area contributed by atoms with Gasteiger partial charge in [0.05, 0.1) is 12.2 Å². The van der Waals surface area contributed by atoms with Gasteiger partial charge in [-0.15, -0.1) is 0 Å². The topological polar surface area (TPSA) is 63.2 Å². The summed E-state index contributed by atoms with van der Waals surface area (Å²) < 4.78 is 28.9. The molecule has 0 radical (unpaired) electrons. The summed E-state index contributed by atoms with van der Waals surface area (Å²) in [6.07, 6.45) is 13.1. The van der Waals surface area contributed by atoms with Crippen LogP contribution in [0.5, 0.6) is 0 Å². The van der Waals surface area contributed by atoms with Crippen LogP contribution in [0.1, 0.15) is 85.0 Å². The second kappa shape index (κ2) is 12.7. The number of carbonyl (C=O) groups is 1. The Morgan fingerprint density at radius 1 is 1.14 bits per heavy atom. The van der Waals surface area contributed by atoms with Crippen molar-refractivity contribution in [3.63, 3.8) is 0 Å². The Bertz CT molecular complexity index is 504. The van der Waals surface area contributed by atoms with Crippen LogP contribution in [0.4, 0.5) is 0 Å². The standard InChI is InChI=1S/C23H40O6/c1-5-6-8-11-18-12-9-7-10-13-19(26-17-25-4)16-21-20(14-15-22(24)27-18)28-23(2,3)29-21/h14-15,18-21H,5-13,16-17H2,1-4H3/b15-14+/t18-,19-,20-,21+/m1/s1. The lowest BCUT2D eigenvalue weighted by atomic mass is 9.99. The summed E-state index contributed by atoms with van der Waals surface area (Å²) in [4.78, 5) is 12.4. The number of unbranched alkanes of at least 4 members (excludes halogenated alkanes) is 2. The van der Waals surface area contributed by atoms with Gasteiger partial charge in [0, 0.05) is 19.6 Å². The predicted octanol–water partition coefficient (Wildman–Crippen LogP) is 4.90. The quantitative estimate of drug-likeness (QED) is 0.337. The van der Waals surface area contributed by atoms with Gasteiger partial charge in [-0.05, 0) is 52.0 Å². The van der Waals surface area contributed by atoms with Crippen molar-refractivity contribution < 1.29 is 28.5 Å². The maximum atomic E-state index is 12.4. The first-order chi connectivity index (χ1) is 13.9. The SMILES string of the molecule is CCCCC[C@@H]1CCCCC[C@@H](OCOC)C[C@@H]2OC(C)(C)O[C@@H]2/C=C/C(=O)O1. The molecule has 0 unspecified atom stereocenters. The lowest BCUT2D eigenvalue weighted by molar-refractivity contribution is -0.150. The number of carbonyl (C=O) groups excluding carboxylic acids is 1. The van der Waals surface area contributed by atoms with Crippen molar-refractivity contribution in [1.29, 1.82) is 0 Å². The van der Waals surface area contributed by atoms with Crippen molar-refractivity contribution in [2.24, 2.45) is 0 Å². The highest BCUT2D eigenvalue weighted by Gasteiger charge is 2.41. The monoisotopic (exact) mass is 412 g/mol. The van der Waals surface area contributed by atoms with Gasteiger partial charge in [0.1, 0.15) is 19.0 Å². The zero-order chi connectivity index (χ0) is 21.1. The number of rotatable bonds is 7. The van der Waals surface area contributed by atoms with Gasteiger partial charge in [0.2, 0.25) is 0 Å². The zero-order valence-corrected chi connectivity index (χ0v) is 18.7. The summed E-state index contributed by atoms with van der Waals surface area (Å²) >= 11 is 0. The van der Waals surface area contributed by atoms with E-state index in [2.05, 4.69) is 6.92 Å². The van der Waals surface area contributed by atoms with E-state index in [1.807, 2.05) is 13.8 Å². The molecule has 0 aromatic rings. The highest BCUT2D eigenvalue weighted by atomic mass is 16.8. The molecule has 0 amide bonds. The van der Waals surface area contributed by atoms with Gasteiger partial charge in [0.15, 0.2) is 5.79 Å². The molecule has 2 heterocycles. The summed E-state index contributed by atoms with van der Waals surface area (Å²) in [5.74, 6) is -0.978. The molecule has 0 aromatic heterocycles. The summed E-state index contributed by atoms with van der Waals surface area (Å²) in [7, 11) is 1.64. The first-order valence-electron chi connectivity index (χ1n) is 11.3. The Morgan fingerprint density at radius 2 is 1.93 bits per heavy atom. The smallest absolute Gasteiger partial charge is 0.330 e. The molecule has 2 rings (SSSR count). The predicted molar refractivity (Wildman–Crippen MR) is 111 cm³/mol. The number of esters is 1. The number of ether oxygens (including phenoxy) is 5. The third-order valence-corrected chi connectivity index (χ3v) is 5.52. The number of fused-ring (bicyclic) bond motifs is 1. The third-order valence-electron chi connectivity index (χ3n) is 5.52. The normalized spacial score (nSPS) is 32.2. The van der Waals surface area contributed by atoms with Crippen molar-refractivity contribution >= 4 is 5.97 Å². The summed E-state index contributed by atoms with van der Waals surface area (Å²) in [6.45, 7) is 6.25. The van der Waals surface area contributed by atoms with Crippen LogP contribution in [0.25, 0.3) is 0 Å². The van der Waals surface area contributed by atoms with E-state index in [-0.39, 0.29) is 37.2 Å². The highest BCUT2D eigenvalue weighted by molar-refractivity contribution is 5.82. The molecule has 2 aliphatic rings. The Morgan fingerprint density at radius 3 is 2.69 bits per heavy atom. The van der Waals surface area contributed by atoms with Crippen LogP contribution in [0.15, 0.2) is 12.2 Å². The second-order valence-electron chi connectivity index (χ2n) is 8.62. The van der Waals surface area contributed by atoms with E-state index in [9.17, 15) is 4.79 Å². The van der Waals surface area contributed by atoms with Gasteiger partial charge in [-0.1, -0.05) is 32.6 Å². The molecule has 0 aliphatic carbocycles. The van der Waals surface area contributed by atoms with Crippen molar-refractivity contribution in [1.82, 2.24) is 0 Å². The number of cyclic esters (lactones) is 1. The molecule has 2 aliphatic heterocycles. The largest absolute Gasteiger partial charge is 0.459 e. The minimum Gasteiger partial charge on any atom is -0.459 e. The van der Waals surface area contributed by atoms with Crippen LogP contribution >= 0.6 is 0 Å². The van der Waals surface area contributed by atoms with Gasteiger partial charge < -0.3 is 23.7 Å². The van der Waals surface area contributed by atoms with Crippen LogP contribution in [0.3, 0.4) is 0 Å². The van der Waals surface area contributed by atoms with Gasteiger partial charge in [-0.3, -0.25) is 0 Å². The van der Waals surface area contributed by atoms with Gasteiger partial charge >= 0.3 is 5.97 Å². The number of hydrogen-bond acceptors (Lipinski definition) is 6. The van der Waals surface area contributed by atoms with Crippen LogP contribution < -0.4 is 0 Å². The highest BCUT2D eigenvalue weighted by Crippen LogP contribution is 2.33. The average Bonchev–Trinajstić information content (AvgIpc) is 2.96. The van der Waals surface area contributed by atoms with Crippen LogP contribution in [0, 0.1) is 0 Å². The maximum absolute atomic E-state index is 12.4. The third kappa shape index (κ3) is 9.16. The van der Waals surface area contributed by atoms with E-state index in [1.54, 1.807) is 13.2 Å². The van der Waals surface area contributed by atoms with E-state index in [1.165, 1.54) is 18.9 Å². The summed E-state index contributed by atoms with van der Waals surface area (Å²) in [5, 5.41) is 0. The number of hydrogen-bond donors (Lipinski definition) is 0. The van der Waals surface area contributed by atoms with Gasteiger partial charge in [-0.2, -0.15) is 0 Å². The fourth-order valence-corrected chi connectivity index (χ4v) is 4.08. The second-order valence-corrected chi connectivity index (χ2v) is 8.62. The lowest BCUT2D eigenvalue weighted by Crippen LogP contribution is -2.29. The summed E-state index contributed by atoms with van der Waals surface area (Å²) in [5.41, 5.74) is 0. The molecule has 0 aromatic carbocycles. The van der Waals surface area contributed by atoms with Crippen LogP contribution in [-0.2, 0) is 28.5 Å². The van der Waals surface area contributed by atoms with Crippen molar-refractivity contribution in [2.45, 2.75) is 115 Å². The first kappa shape index (κ1) is 24.3. The lowest BCUT2D eigenvalue weighted by Gasteiger charge is -2.23. The molecular weight excluding hydrogens is 372 g/mol. The molecule has 0 spiro atoms. The van der Waals surface area contributed by atoms with Crippen molar-refractivity contribution in [2.75, 3.05) is 13.9 Å². The maximum Gasteiger partial charge on any atom is 0.330 e. The Hall–Kier alpha value is -0.950. The minimum atomic E-state index is -0.688. The molecule has 168 valence electrons. The van der Waals surface area contributed by atoms with Crippen LogP contribution in [-0.4, -0.2) is 50.1 Å². The van der Waals surface area contributed by atoms with Crippen molar-refractivity contribution in [3.05, 3.63) is 12.2 Å². The first-order valence-corrected chi connectivity index (χ1v) is 11.3. The number of methoxy groups -OCH3 is 1. The van der Waals surface area contributed by atoms with E-state index >= 15 is 0 Å². The summed E-state index contributed by atoms with van der Waals surface area (Å²) in [6, 6.07) is 0. The Labute approximate surface area is 176 Å². The molecular formula is C23H40O6. The molecule has 1 saturated heterocycles. The average molecular weight is 413 g/mol. The molecule has 0 bridgehead atoms. The van der Waals surface area contributed by atoms with E-state index in [0.717, 1.165) is 44.9 Å². The molecule has 0 saturated carbocycles. The van der Waals surface area contributed by atoms with Crippen LogP contribution in [0.2, 0.25) is 0 Å². The Balaban J connectivity index is 2.07.